The topological polar surface area (TPSA) is 48.9 Å². The Morgan fingerprint density at radius 2 is 1.72 bits per heavy atom. The van der Waals surface area contributed by atoms with Crippen LogP contribution in [0.15, 0.2) is 47.5 Å². The van der Waals surface area contributed by atoms with Gasteiger partial charge < -0.3 is 20.3 Å². The summed E-state index contributed by atoms with van der Waals surface area (Å²) in [6, 6.07) is 15.3. The quantitative estimate of drug-likeness (QED) is 0.248. The predicted molar refractivity (Wildman–Crippen MR) is 133 cm³/mol. The Kier molecular flexibility index (Phi) is 9.57. The molecule has 1 aliphatic rings. The van der Waals surface area contributed by atoms with Crippen molar-refractivity contribution in [3.63, 3.8) is 0 Å². The first-order valence-corrected chi connectivity index (χ1v) is 10.1. The molecule has 0 radical (unpaired) electrons. The second kappa shape index (κ2) is 11.9. The Bertz CT molecular complexity index is 790. The minimum Gasteiger partial charge on any atom is -0.493 e. The molecule has 0 fully saturated rings. The van der Waals surface area contributed by atoms with Gasteiger partial charge in [0.15, 0.2) is 5.96 Å². The normalized spacial score (nSPS) is 12.6. The van der Waals surface area contributed by atoms with Crippen molar-refractivity contribution < 1.29 is 4.74 Å². The van der Waals surface area contributed by atoms with Crippen molar-refractivity contribution in [2.45, 2.75) is 25.7 Å². The summed E-state index contributed by atoms with van der Waals surface area (Å²) < 4.78 is 5.57. The highest BCUT2D eigenvalue weighted by Gasteiger charge is 2.11. The predicted octanol–water partition coefficient (Wildman–Crippen LogP) is 3.65. The number of aliphatic imine (C=N–C) groups is 1. The molecule has 0 bridgehead atoms. The van der Waals surface area contributed by atoms with Gasteiger partial charge in [0, 0.05) is 46.3 Å². The third-order valence-corrected chi connectivity index (χ3v) is 5.07. The SMILES string of the molecule is CN=C(NCCCc1ccc(N(C)C)cc1)NCCc1ccc2c(c1)CCO2.I. The average molecular weight is 508 g/mol. The fourth-order valence-corrected chi connectivity index (χ4v) is 3.40. The summed E-state index contributed by atoms with van der Waals surface area (Å²) in [5, 5.41) is 6.81. The minimum absolute atomic E-state index is 0. The Morgan fingerprint density at radius 1 is 1.00 bits per heavy atom. The number of aryl methyl sites for hydroxylation is 1. The molecule has 158 valence electrons. The number of anilines is 1. The summed E-state index contributed by atoms with van der Waals surface area (Å²) in [7, 11) is 5.95. The lowest BCUT2D eigenvalue weighted by Gasteiger charge is -2.13. The van der Waals surface area contributed by atoms with Gasteiger partial charge in [-0.2, -0.15) is 0 Å². The third kappa shape index (κ3) is 7.10. The van der Waals surface area contributed by atoms with Gasteiger partial charge in [-0.25, -0.2) is 0 Å². The number of rotatable bonds is 8. The van der Waals surface area contributed by atoms with Crippen LogP contribution in [0.2, 0.25) is 0 Å². The zero-order chi connectivity index (χ0) is 19.8. The number of guanidine groups is 1. The number of hydrogen-bond acceptors (Lipinski definition) is 3. The van der Waals surface area contributed by atoms with E-state index in [1.165, 1.54) is 22.4 Å². The minimum atomic E-state index is 0. The molecular formula is C23H33IN4O. The van der Waals surface area contributed by atoms with Crippen LogP contribution < -0.4 is 20.3 Å². The molecule has 2 N–H and O–H groups in total. The zero-order valence-electron chi connectivity index (χ0n) is 17.7. The average Bonchev–Trinajstić information content (AvgIpc) is 3.18. The molecule has 0 unspecified atom stereocenters. The van der Waals surface area contributed by atoms with Gasteiger partial charge in [-0.1, -0.05) is 24.3 Å². The zero-order valence-corrected chi connectivity index (χ0v) is 20.0. The van der Waals surface area contributed by atoms with E-state index >= 15 is 0 Å². The molecule has 0 saturated heterocycles. The van der Waals surface area contributed by atoms with Crippen molar-refractivity contribution in [1.82, 2.24) is 10.6 Å². The van der Waals surface area contributed by atoms with Gasteiger partial charge in [-0.15, -0.1) is 24.0 Å². The molecule has 0 saturated carbocycles. The third-order valence-electron chi connectivity index (χ3n) is 5.07. The molecule has 0 aliphatic carbocycles. The number of nitrogens with zero attached hydrogens (tertiary/aromatic N) is 2. The number of hydrogen-bond donors (Lipinski definition) is 2. The number of fused-ring (bicyclic) bond motifs is 1. The fraction of sp³-hybridized carbons (Fsp3) is 0.435. The summed E-state index contributed by atoms with van der Waals surface area (Å²) in [5.41, 5.74) is 5.28. The smallest absolute Gasteiger partial charge is 0.190 e. The number of ether oxygens (including phenoxy) is 1. The van der Waals surface area contributed by atoms with Crippen LogP contribution in [0.25, 0.3) is 0 Å². The van der Waals surface area contributed by atoms with Gasteiger partial charge in [0.2, 0.25) is 0 Å². The Labute approximate surface area is 192 Å². The number of halogens is 1. The van der Waals surface area contributed by atoms with E-state index in [2.05, 4.69) is 77.1 Å². The first-order chi connectivity index (χ1) is 13.7. The van der Waals surface area contributed by atoms with Crippen LogP contribution in [0.3, 0.4) is 0 Å². The standard InChI is InChI=1S/C23H32N4O.HI/c1-24-23(25-14-4-5-18-6-9-21(10-7-18)27(2)3)26-15-12-19-8-11-22-20(17-19)13-16-28-22;/h6-11,17H,4-5,12-16H2,1-3H3,(H2,24,25,26);1H. The number of nitrogens with one attached hydrogen (secondary N) is 2. The lowest BCUT2D eigenvalue weighted by atomic mass is 10.1. The Morgan fingerprint density at radius 3 is 2.45 bits per heavy atom. The van der Waals surface area contributed by atoms with E-state index in [9.17, 15) is 0 Å². The van der Waals surface area contributed by atoms with Crippen molar-refractivity contribution in [1.29, 1.82) is 0 Å². The second-order valence-electron chi connectivity index (χ2n) is 7.38. The van der Waals surface area contributed by atoms with Crippen molar-refractivity contribution in [3.8, 4) is 5.75 Å². The van der Waals surface area contributed by atoms with Crippen LogP contribution >= 0.6 is 24.0 Å². The van der Waals surface area contributed by atoms with Crippen LogP contribution in [-0.2, 0) is 19.3 Å². The van der Waals surface area contributed by atoms with Gasteiger partial charge in [0.1, 0.15) is 5.75 Å². The number of benzene rings is 2. The Hall–Kier alpha value is -1.96. The second-order valence-corrected chi connectivity index (χ2v) is 7.38. The summed E-state index contributed by atoms with van der Waals surface area (Å²) in [4.78, 5) is 6.44. The molecule has 5 nitrogen and oxygen atoms in total. The van der Waals surface area contributed by atoms with E-state index in [0.717, 1.165) is 57.1 Å². The van der Waals surface area contributed by atoms with Crippen LogP contribution in [0.1, 0.15) is 23.1 Å². The molecular weight excluding hydrogens is 475 g/mol. The van der Waals surface area contributed by atoms with E-state index in [-0.39, 0.29) is 24.0 Å². The molecule has 2 aromatic carbocycles. The fourth-order valence-electron chi connectivity index (χ4n) is 3.40. The lowest BCUT2D eigenvalue weighted by Crippen LogP contribution is -2.38. The van der Waals surface area contributed by atoms with E-state index in [1.807, 2.05) is 7.05 Å². The first kappa shape index (κ1) is 23.3. The summed E-state index contributed by atoms with van der Waals surface area (Å²) in [6.07, 6.45) is 4.14. The highest BCUT2D eigenvalue weighted by molar-refractivity contribution is 14.0. The maximum absolute atomic E-state index is 5.57. The van der Waals surface area contributed by atoms with Crippen LogP contribution in [0.4, 0.5) is 5.69 Å². The van der Waals surface area contributed by atoms with Crippen molar-refractivity contribution in [2.75, 3.05) is 45.7 Å². The molecule has 0 amide bonds. The summed E-state index contributed by atoms with van der Waals surface area (Å²) in [5.74, 6) is 1.91. The molecule has 1 aliphatic heterocycles. The van der Waals surface area contributed by atoms with E-state index in [0.29, 0.717) is 0 Å². The van der Waals surface area contributed by atoms with Gasteiger partial charge in [-0.3, -0.25) is 4.99 Å². The van der Waals surface area contributed by atoms with Gasteiger partial charge in [-0.05, 0) is 54.2 Å². The van der Waals surface area contributed by atoms with Crippen molar-refractivity contribution in [3.05, 3.63) is 59.2 Å². The lowest BCUT2D eigenvalue weighted by molar-refractivity contribution is 0.357. The maximum Gasteiger partial charge on any atom is 0.190 e. The Balaban J connectivity index is 0.00000300. The van der Waals surface area contributed by atoms with Crippen LogP contribution in [-0.4, -0.2) is 46.8 Å². The molecule has 6 heteroatoms. The molecule has 29 heavy (non-hydrogen) atoms. The van der Waals surface area contributed by atoms with Crippen molar-refractivity contribution in [2.24, 2.45) is 4.99 Å². The molecule has 0 aromatic heterocycles. The summed E-state index contributed by atoms with van der Waals surface area (Å²) in [6.45, 7) is 2.59. The highest BCUT2D eigenvalue weighted by atomic mass is 127. The molecule has 2 aromatic rings. The van der Waals surface area contributed by atoms with Gasteiger partial charge in [0.05, 0.1) is 6.61 Å². The van der Waals surface area contributed by atoms with Crippen molar-refractivity contribution >= 4 is 35.6 Å². The van der Waals surface area contributed by atoms with E-state index in [4.69, 9.17) is 4.74 Å². The molecule has 0 spiro atoms. The van der Waals surface area contributed by atoms with Gasteiger partial charge >= 0.3 is 0 Å². The molecule has 3 rings (SSSR count). The monoisotopic (exact) mass is 508 g/mol. The maximum atomic E-state index is 5.57. The molecule has 0 atom stereocenters. The van der Waals surface area contributed by atoms with Gasteiger partial charge in [0.25, 0.3) is 0 Å². The first-order valence-electron chi connectivity index (χ1n) is 10.1. The molecule has 1 heterocycles. The van der Waals surface area contributed by atoms with E-state index in [1.54, 1.807) is 0 Å². The van der Waals surface area contributed by atoms with E-state index < -0.39 is 0 Å². The largest absolute Gasteiger partial charge is 0.493 e. The highest BCUT2D eigenvalue weighted by Crippen LogP contribution is 2.25. The van der Waals surface area contributed by atoms with Crippen LogP contribution in [0.5, 0.6) is 5.75 Å². The summed E-state index contributed by atoms with van der Waals surface area (Å²) >= 11 is 0. The van der Waals surface area contributed by atoms with Crippen LogP contribution in [0, 0.1) is 0 Å².